The third kappa shape index (κ3) is 4.62. The van der Waals surface area contributed by atoms with Gasteiger partial charge in [-0.3, -0.25) is 10.1 Å². The predicted octanol–water partition coefficient (Wildman–Crippen LogP) is 2.52. The van der Waals surface area contributed by atoms with Crippen molar-refractivity contribution in [1.82, 2.24) is 5.32 Å². The van der Waals surface area contributed by atoms with E-state index in [0.29, 0.717) is 13.0 Å². The molecule has 0 saturated heterocycles. The van der Waals surface area contributed by atoms with E-state index in [1.165, 1.54) is 7.11 Å². The molecule has 0 fully saturated rings. The van der Waals surface area contributed by atoms with Crippen LogP contribution in [0.1, 0.15) is 32.8 Å². The smallest absolute Gasteiger partial charge is 0.325 e. The van der Waals surface area contributed by atoms with Crippen molar-refractivity contribution in [2.24, 2.45) is 0 Å². The van der Waals surface area contributed by atoms with E-state index in [9.17, 15) is 4.79 Å². The average Bonchev–Trinajstić information content (AvgIpc) is 2.45. The maximum atomic E-state index is 12.1. The third-order valence-electron chi connectivity index (χ3n) is 3.49. The van der Waals surface area contributed by atoms with Gasteiger partial charge < -0.3 is 9.47 Å². The molecule has 4 heteroatoms. The summed E-state index contributed by atoms with van der Waals surface area (Å²) in [7, 11) is 3.06. The normalized spacial score (nSPS) is 14.7. The lowest BCUT2D eigenvalue weighted by atomic mass is 9.87. The van der Waals surface area contributed by atoms with Crippen LogP contribution < -0.4 is 5.32 Å². The molecule has 112 valence electrons. The Labute approximate surface area is 121 Å². The molecular weight excluding hydrogens is 254 g/mol. The summed E-state index contributed by atoms with van der Waals surface area (Å²) in [6.45, 7) is 6.37. The fraction of sp³-hybridized carbons (Fsp3) is 0.562. The molecule has 1 N–H and O–H groups in total. The second kappa shape index (κ2) is 6.86. The van der Waals surface area contributed by atoms with Crippen LogP contribution >= 0.6 is 0 Å². The number of hydrogen-bond donors (Lipinski definition) is 1. The molecule has 1 aromatic rings. The maximum absolute atomic E-state index is 12.1. The van der Waals surface area contributed by atoms with Gasteiger partial charge in [-0.15, -0.1) is 0 Å². The fourth-order valence-corrected chi connectivity index (χ4v) is 2.25. The Morgan fingerprint density at radius 1 is 1.15 bits per heavy atom. The van der Waals surface area contributed by atoms with E-state index >= 15 is 0 Å². The summed E-state index contributed by atoms with van der Waals surface area (Å²) in [5, 5.41) is 3.30. The molecule has 0 aliphatic heterocycles. The number of carbonyl (C=O) groups is 1. The van der Waals surface area contributed by atoms with Gasteiger partial charge in [0.05, 0.1) is 12.7 Å². The first kappa shape index (κ1) is 16.7. The van der Waals surface area contributed by atoms with Gasteiger partial charge in [0.1, 0.15) is 5.54 Å². The van der Waals surface area contributed by atoms with Crippen LogP contribution in [0, 0.1) is 0 Å². The van der Waals surface area contributed by atoms with Gasteiger partial charge in [-0.1, -0.05) is 30.3 Å². The van der Waals surface area contributed by atoms with Crippen molar-refractivity contribution in [1.29, 1.82) is 0 Å². The zero-order chi connectivity index (χ0) is 15.2. The molecule has 1 atom stereocenters. The number of hydrogen-bond acceptors (Lipinski definition) is 4. The zero-order valence-electron chi connectivity index (χ0n) is 13.0. The zero-order valence-corrected chi connectivity index (χ0v) is 13.0. The number of rotatable bonds is 7. The molecule has 0 saturated carbocycles. The van der Waals surface area contributed by atoms with Crippen molar-refractivity contribution < 1.29 is 14.3 Å². The number of nitrogens with one attached hydrogen (secondary N) is 1. The molecule has 0 heterocycles. The minimum Gasteiger partial charge on any atom is -0.468 e. The Morgan fingerprint density at radius 3 is 2.25 bits per heavy atom. The Hall–Kier alpha value is -1.39. The first-order valence-electron chi connectivity index (χ1n) is 6.75. The highest BCUT2D eigenvalue weighted by Gasteiger charge is 2.39. The van der Waals surface area contributed by atoms with Crippen molar-refractivity contribution >= 4 is 5.97 Å². The summed E-state index contributed by atoms with van der Waals surface area (Å²) in [4.78, 5) is 12.1. The summed E-state index contributed by atoms with van der Waals surface area (Å²) >= 11 is 0. The summed E-state index contributed by atoms with van der Waals surface area (Å²) in [6, 6.07) is 9.96. The number of methoxy groups -OCH3 is 2. The monoisotopic (exact) mass is 279 g/mol. The van der Waals surface area contributed by atoms with Crippen LogP contribution in [0.4, 0.5) is 0 Å². The molecule has 0 bridgehead atoms. The minimum absolute atomic E-state index is 0.279. The molecule has 0 aliphatic carbocycles. The molecule has 0 amide bonds. The van der Waals surface area contributed by atoms with Gasteiger partial charge >= 0.3 is 5.97 Å². The largest absolute Gasteiger partial charge is 0.468 e. The summed E-state index contributed by atoms with van der Waals surface area (Å²) < 4.78 is 10.4. The number of carbonyl (C=O) groups excluding carboxylic acids is 1. The van der Waals surface area contributed by atoms with E-state index in [0.717, 1.165) is 5.56 Å². The predicted molar refractivity (Wildman–Crippen MR) is 79.4 cm³/mol. The fourth-order valence-electron chi connectivity index (χ4n) is 2.25. The summed E-state index contributed by atoms with van der Waals surface area (Å²) in [6.07, 6.45) is 0.524. The van der Waals surface area contributed by atoms with E-state index in [1.54, 1.807) is 7.11 Å². The van der Waals surface area contributed by atoms with Crippen LogP contribution in [0.15, 0.2) is 30.3 Å². The van der Waals surface area contributed by atoms with Crippen LogP contribution in [-0.2, 0) is 20.8 Å². The molecule has 0 aromatic heterocycles. The van der Waals surface area contributed by atoms with Crippen LogP contribution in [0.3, 0.4) is 0 Å². The van der Waals surface area contributed by atoms with E-state index in [1.807, 2.05) is 51.1 Å². The van der Waals surface area contributed by atoms with Crippen molar-refractivity contribution in [2.75, 3.05) is 14.2 Å². The van der Waals surface area contributed by atoms with Gasteiger partial charge in [0.15, 0.2) is 0 Å². The minimum atomic E-state index is -0.788. The average molecular weight is 279 g/mol. The van der Waals surface area contributed by atoms with Gasteiger partial charge in [-0.25, -0.2) is 0 Å². The van der Waals surface area contributed by atoms with Gasteiger partial charge in [0.25, 0.3) is 0 Å². The van der Waals surface area contributed by atoms with Crippen molar-refractivity contribution in [2.45, 2.75) is 44.9 Å². The van der Waals surface area contributed by atoms with Gasteiger partial charge in [0, 0.05) is 20.1 Å². The number of esters is 1. The SMILES string of the molecule is COC(=O)C(C)(CC(C)(C)OC)NCc1ccccc1. The van der Waals surface area contributed by atoms with Gasteiger partial charge in [-0.2, -0.15) is 0 Å². The Bertz CT molecular complexity index is 431. The van der Waals surface area contributed by atoms with Crippen LogP contribution in [0.2, 0.25) is 0 Å². The molecule has 1 aromatic carbocycles. The van der Waals surface area contributed by atoms with E-state index < -0.39 is 11.1 Å². The van der Waals surface area contributed by atoms with Crippen molar-refractivity contribution in [3.63, 3.8) is 0 Å². The highest BCUT2D eigenvalue weighted by Crippen LogP contribution is 2.24. The van der Waals surface area contributed by atoms with E-state index in [-0.39, 0.29) is 5.97 Å². The number of ether oxygens (including phenoxy) is 2. The first-order valence-corrected chi connectivity index (χ1v) is 6.75. The molecule has 0 radical (unpaired) electrons. The Balaban J connectivity index is 2.81. The quantitative estimate of drug-likeness (QED) is 0.779. The first-order chi connectivity index (χ1) is 9.33. The Morgan fingerprint density at radius 2 is 1.75 bits per heavy atom. The highest BCUT2D eigenvalue weighted by molar-refractivity contribution is 5.80. The lowest BCUT2D eigenvalue weighted by Crippen LogP contribution is -2.54. The molecular formula is C16H25NO3. The van der Waals surface area contributed by atoms with Gasteiger partial charge in [0.2, 0.25) is 0 Å². The van der Waals surface area contributed by atoms with Crippen molar-refractivity contribution in [3.8, 4) is 0 Å². The van der Waals surface area contributed by atoms with Crippen LogP contribution in [-0.4, -0.2) is 31.3 Å². The highest BCUT2D eigenvalue weighted by atomic mass is 16.5. The number of benzene rings is 1. The molecule has 4 nitrogen and oxygen atoms in total. The third-order valence-corrected chi connectivity index (χ3v) is 3.49. The second-order valence-corrected chi connectivity index (χ2v) is 5.80. The topological polar surface area (TPSA) is 47.6 Å². The lowest BCUT2D eigenvalue weighted by molar-refractivity contribution is -0.151. The van der Waals surface area contributed by atoms with E-state index in [2.05, 4.69) is 5.32 Å². The second-order valence-electron chi connectivity index (χ2n) is 5.80. The Kier molecular flexibility index (Phi) is 5.72. The summed E-state index contributed by atoms with van der Waals surface area (Å²) in [5.41, 5.74) is -0.0747. The van der Waals surface area contributed by atoms with Crippen LogP contribution in [0.25, 0.3) is 0 Å². The maximum Gasteiger partial charge on any atom is 0.325 e. The molecule has 20 heavy (non-hydrogen) atoms. The molecule has 1 unspecified atom stereocenters. The van der Waals surface area contributed by atoms with E-state index in [4.69, 9.17) is 9.47 Å². The van der Waals surface area contributed by atoms with Crippen LogP contribution in [0.5, 0.6) is 0 Å². The van der Waals surface area contributed by atoms with Crippen molar-refractivity contribution in [3.05, 3.63) is 35.9 Å². The lowest BCUT2D eigenvalue weighted by Gasteiger charge is -2.35. The summed E-state index contributed by atoms with van der Waals surface area (Å²) in [5.74, 6) is -0.279. The molecule has 0 spiro atoms. The molecule has 0 aliphatic rings. The van der Waals surface area contributed by atoms with Gasteiger partial charge in [-0.05, 0) is 26.3 Å². The molecule has 1 rings (SSSR count). The standard InChI is InChI=1S/C16H25NO3/c1-15(2,20-5)12-16(3,14(18)19-4)17-11-13-9-7-6-8-10-13/h6-10,17H,11-12H2,1-5H3.